The topological polar surface area (TPSA) is 26.3 Å². The predicted molar refractivity (Wildman–Crippen MR) is 149 cm³/mol. The molecule has 0 amide bonds. The van der Waals surface area contributed by atoms with E-state index in [2.05, 4.69) is 98.0 Å². The number of hydrogen-bond donors (Lipinski definition) is 0. The maximum Gasteiger partial charge on any atom is 0.307 e. The molecule has 0 saturated carbocycles. The number of esters is 1. The van der Waals surface area contributed by atoms with Crippen LogP contribution in [0.4, 0.5) is 0 Å². The molecule has 2 nitrogen and oxygen atoms in total. The number of benzene rings is 5. The minimum atomic E-state index is -2.10. The van der Waals surface area contributed by atoms with E-state index in [0.29, 0.717) is 0 Å². The first-order valence-electron chi connectivity index (χ1n) is 12.2. The molecule has 1 atom stereocenters. The molecule has 174 valence electrons. The summed E-state index contributed by atoms with van der Waals surface area (Å²) in [6, 6.07) is 39.5. The lowest BCUT2D eigenvalue weighted by molar-refractivity contribution is -0.147. The Morgan fingerprint density at radius 2 is 1.09 bits per heavy atom. The van der Waals surface area contributed by atoms with Gasteiger partial charge in [0.25, 0.3) is 0 Å². The van der Waals surface area contributed by atoms with E-state index in [1.807, 2.05) is 37.3 Å². The summed E-state index contributed by atoms with van der Waals surface area (Å²) in [4.78, 5) is 13.8. The van der Waals surface area contributed by atoms with Gasteiger partial charge >= 0.3 is 5.97 Å². The Morgan fingerprint density at radius 3 is 1.63 bits per heavy atom. The molecule has 5 rings (SSSR count). The van der Waals surface area contributed by atoms with Crippen molar-refractivity contribution in [1.29, 1.82) is 0 Å². The highest BCUT2D eigenvalue weighted by molar-refractivity contribution is 6.93. The number of carbonyl (C=O) groups is 1. The molecule has 3 heteroatoms. The Labute approximate surface area is 208 Å². The van der Waals surface area contributed by atoms with Gasteiger partial charge in [-0.25, -0.2) is 0 Å². The molecule has 0 spiro atoms. The van der Waals surface area contributed by atoms with Gasteiger partial charge in [0, 0.05) is 11.1 Å². The second-order valence-electron chi connectivity index (χ2n) is 9.76. The molecule has 5 aromatic rings. The monoisotopic (exact) mass is 474 g/mol. The first-order valence-corrected chi connectivity index (χ1v) is 15.3. The van der Waals surface area contributed by atoms with Crippen LogP contribution in [0.15, 0.2) is 115 Å². The zero-order valence-corrected chi connectivity index (χ0v) is 21.4. The number of hydrogen-bond acceptors (Lipinski definition) is 2. The van der Waals surface area contributed by atoms with Crippen molar-refractivity contribution in [2.45, 2.75) is 31.7 Å². The minimum absolute atomic E-state index is 0.142. The van der Waals surface area contributed by atoms with E-state index in [1.165, 1.54) is 5.19 Å². The van der Waals surface area contributed by atoms with Crippen molar-refractivity contribution in [2.24, 2.45) is 0 Å². The van der Waals surface area contributed by atoms with Gasteiger partial charge in [0.05, 0.1) is 13.6 Å². The third kappa shape index (κ3) is 4.40. The summed E-state index contributed by atoms with van der Waals surface area (Å²) in [5, 5.41) is 5.74. The Balaban J connectivity index is 1.61. The molecule has 0 aromatic heterocycles. The number of fused-ring (bicyclic) bond motifs is 2. The van der Waals surface area contributed by atoms with Crippen LogP contribution in [0.5, 0.6) is 0 Å². The van der Waals surface area contributed by atoms with Gasteiger partial charge in [-0.15, -0.1) is 0 Å². The SMILES string of the molecule is C[C@H](C(=O)OC(c1cccc2ccccc12)c1cccc2ccccc12)[Si](C)(C)c1ccccc1. The van der Waals surface area contributed by atoms with Gasteiger partial charge in [0.1, 0.15) is 0 Å². The van der Waals surface area contributed by atoms with Crippen molar-refractivity contribution in [3.05, 3.63) is 126 Å². The Bertz CT molecular complexity index is 1400. The van der Waals surface area contributed by atoms with Gasteiger partial charge < -0.3 is 4.74 Å². The summed E-state index contributed by atoms with van der Waals surface area (Å²) < 4.78 is 6.50. The zero-order chi connectivity index (χ0) is 24.4. The lowest BCUT2D eigenvalue weighted by Crippen LogP contribution is -2.48. The van der Waals surface area contributed by atoms with Gasteiger partial charge in [-0.3, -0.25) is 4.79 Å². The molecule has 0 fully saturated rings. The Morgan fingerprint density at radius 1 is 0.629 bits per heavy atom. The molecule has 35 heavy (non-hydrogen) atoms. The van der Waals surface area contributed by atoms with Crippen LogP contribution in [0, 0.1) is 0 Å². The number of ether oxygens (including phenoxy) is 1. The van der Waals surface area contributed by atoms with Crippen LogP contribution in [0.3, 0.4) is 0 Å². The first-order chi connectivity index (χ1) is 17.0. The average Bonchev–Trinajstić information content (AvgIpc) is 2.91. The highest BCUT2D eigenvalue weighted by Gasteiger charge is 2.38. The molecule has 0 unspecified atom stereocenters. The third-order valence-electron chi connectivity index (χ3n) is 7.40. The summed E-state index contributed by atoms with van der Waals surface area (Å²) in [7, 11) is -2.10. The van der Waals surface area contributed by atoms with E-state index in [-0.39, 0.29) is 11.5 Å². The molecule has 0 bridgehead atoms. The van der Waals surface area contributed by atoms with Crippen molar-refractivity contribution in [1.82, 2.24) is 0 Å². The second-order valence-corrected chi connectivity index (χ2v) is 14.6. The fourth-order valence-corrected chi connectivity index (χ4v) is 7.09. The zero-order valence-electron chi connectivity index (χ0n) is 20.4. The van der Waals surface area contributed by atoms with Crippen LogP contribution in [-0.2, 0) is 9.53 Å². The fraction of sp³-hybridized carbons (Fsp3) is 0.156. The Hall–Kier alpha value is -3.69. The second kappa shape index (κ2) is 9.51. The molecule has 0 aliphatic carbocycles. The molecule has 0 aliphatic rings. The minimum Gasteiger partial charge on any atom is -0.452 e. The number of rotatable bonds is 6. The summed E-state index contributed by atoms with van der Waals surface area (Å²) in [6.07, 6.45) is -0.497. The van der Waals surface area contributed by atoms with Gasteiger partial charge in [-0.1, -0.05) is 140 Å². The standard InChI is InChI=1S/C32H30O2Si/c1-23(35(2,3)26-17-5-4-6-18-26)32(33)34-31(29-21-11-15-24-13-7-9-19-27(24)29)30-22-12-16-25-14-8-10-20-28(25)30/h4-23,31H,1-3H3/t23-/m1/s1. The molecule has 0 radical (unpaired) electrons. The highest BCUT2D eigenvalue weighted by Crippen LogP contribution is 2.37. The molecule has 0 heterocycles. The van der Waals surface area contributed by atoms with Crippen LogP contribution in [0.25, 0.3) is 21.5 Å². The van der Waals surface area contributed by atoms with Crippen molar-refractivity contribution in [2.75, 3.05) is 0 Å². The number of carbonyl (C=O) groups excluding carboxylic acids is 1. The first kappa shape index (κ1) is 23.1. The Kier molecular flexibility index (Phi) is 6.27. The highest BCUT2D eigenvalue weighted by atomic mass is 28.3. The van der Waals surface area contributed by atoms with E-state index >= 15 is 0 Å². The largest absolute Gasteiger partial charge is 0.452 e. The summed E-state index contributed by atoms with van der Waals surface area (Å²) in [5.74, 6) is -0.142. The third-order valence-corrected chi connectivity index (χ3v) is 11.6. The lowest BCUT2D eigenvalue weighted by Gasteiger charge is -2.31. The maximum atomic E-state index is 13.8. The van der Waals surface area contributed by atoms with Gasteiger partial charge in [-0.05, 0) is 21.5 Å². The summed E-state index contributed by atoms with van der Waals surface area (Å²) in [5.41, 5.74) is 1.83. The normalized spacial score (nSPS) is 12.7. The predicted octanol–water partition coefficient (Wildman–Crippen LogP) is 7.63. The maximum absolute atomic E-state index is 13.8. The van der Waals surface area contributed by atoms with E-state index in [0.717, 1.165) is 32.7 Å². The average molecular weight is 475 g/mol. The molecule has 0 aliphatic heterocycles. The van der Waals surface area contributed by atoms with Crippen LogP contribution < -0.4 is 5.19 Å². The molecule has 0 N–H and O–H groups in total. The lowest BCUT2D eigenvalue weighted by atomic mass is 9.92. The van der Waals surface area contributed by atoms with Gasteiger partial charge in [0.15, 0.2) is 6.10 Å². The molecular formula is C32H30O2Si. The van der Waals surface area contributed by atoms with E-state index < -0.39 is 14.2 Å². The van der Waals surface area contributed by atoms with Gasteiger partial charge in [0.2, 0.25) is 0 Å². The van der Waals surface area contributed by atoms with Crippen LogP contribution in [-0.4, -0.2) is 14.0 Å². The van der Waals surface area contributed by atoms with Gasteiger partial charge in [-0.2, -0.15) is 0 Å². The summed E-state index contributed by atoms with van der Waals surface area (Å²) >= 11 is 0. The van der Waals surface area contributed by atoms with Crippen molar-refractivity contribution in [3.8, 4) is 0 Å². The molecule has 0 saturated heterocycles. The molecule has 5 aromatic carbocycles. The quantitative estimate of drug-likeness (QED) is 0.187. The van der Waals surface area contributed by atoms with Crippen LogP contribution in [0.1, 0.15) is 24.2 Å². The van der Waals surface area contributed by atoms with Crippen molar-refractivity contribution < 1.29 is 9.53 Å². The van der Waals surface area contributed by atoms with E-state index in [4.69, 9.17) is 4.74 Å². The molecular weight excluding hydrogens is 444 g/mol. The summed E-state index contributed by atoms with van der Waals surface area (Å²) in [6.45, 7) is 6.53. The smallest absolute Gasteiger partial charge is 0.307 e. The van der Waals surface area contributed by atoms with Crippen LogP contribution in [0.2, 0.25) is 18.6 Å². The van der Waals surface area contributed by atoms with Crippen molar-refractivity contribution >= 4 is 40.8 Å². The van der Waals surface area contributed by atoms with E-state index in [9.17, 15) is 4.79 Å². The van der Waals surface area contributed by atoms with Crippen LogP contribution >= 0.6 is 0 Å². The van der Waals surface area contributed by atoms with E-state index in [1.54, 1.807) is 0 Å². The fourth-order valence-electron chi connectivity index (χ4n) is 4.88. The van der Waals surface area contributed by atoms with Crippen molar-refractivity contribution in [3.63, 3.8) is 0 Å².